The summed E-state index contributed by atoms with van der Waals surface area (Å²) < 4.78 is 3.82. The number of hydrogen-bond acceptors (Lipinski definition) is 5. The molecular weight excluding hydrogens is 260 g/mol. The van der Waals surface area contributed by atoms with Gasteiger partial charge in [-0.05, 0) is 20.8 Å². The van der Waals surface area contributed by atoms with Crippen LogP contribution >= 0.6 is 11.3 Å². The van der Waals surface area contributed by atoms with Crippen LogP contribution in [0, 0.1) is 13.8 Å². The van der Waals surface area contributed by atoms with Gasteiger partial charge in [0.2, 0.25) is 5.95 Å². The minimum atomic E-state index is 0.0542. The van der Waals surface area contributed by atoms with E-state index in [1.54, 1.807) is 11.3 Å². The van der Waals surface area contributed by atoms with Gasteiger partial charge >= 0.3 is 0 Å². The van der Waals surface area contributed by atoms with Crippen molar-refractivity contribution in [3.8, 4) is 0 Å². The van der Waals surface area contributed by atoms with Gasteiger partial charge < -0.3 is 5.73 Å². The van der Waals surface area contributed by atoms with E-state index >= 15 is 0 Å². The molecule has 3 aromatic rings. The van der Waals surface area contributed by atoms with Crippen molar-refractivity contribution < 1.29 is 0 Å². The molecule has 0 aliphatic rings. The number of nitrogens with two attached hydrogens (primary N) is 1. The molecule has 0 saturated carbocycles. The highest BCUT2D eigenvalue weighted by Crippen LogP contribution is 2.30. The van der Waals surface area contributed by atoms with Crippen LogP contribution in [-0.2, 0) is 7.05 Å². The molecule has 1 atom stereocenters. The number of aromatic nitrogens is 5. The number of rotatable bonds is 2. The molecule has 0 bridgehead atoms. The number of fused-ring (bicyclic) bond motifs is 1. The predicted octanol–water partition coefficient (Wildman–Crippen LogP) is 2.03. The SMILES string of the molecule is Cc1cnc(C(C)n2c(N)nc3c(C)nn(C)c32)s1. The fourth-order valence-corrected chi connectivity index (χ4v) is 3.19. The van der Waals surface area contributed by atoms with Crippen molar-refractivity contribution in [1.29, 1.82) is 0 Å². The Kier molecular flexibility index (Phi) is 2.60. The lowest BCUT2D eigenvalue weighted by molar-refractivity contribution is 0.632. The van der Waals surface area contributed by atoms with Crippen LogP contribution in [0.5, 0.6) is 0 Å². The molecule has 3 heterocycles. The molecular formula is C12H16N6S. The van der Waals surface area contributed by atoms with Gasteiger partial charge in [0.05, 0.1) is 11.7 Å². The van der Waals surface area contributed by atoms with Gasteiger partial charge in [0.1, 0.15) is 10.5 Å². The first-order valence-corrected chi connectivity index (χ1v) is 6.90. The van der Waals surface area contributed by atoms with Crippen molar-refractivity contribution in [2.24, 2.45) is 7.05 Å². The highest BCUT2D eigenvalue weighted by Gasteiger charge is 2.22. The smallest absolute Gasteiger partial charge is 0.203 e. The van der Waals surface area contributed by atoms with Crippen LogP contribution in [0.25, 0.3) is 11.2 Å². The van der Waals surface area contributed by atoms with Gasteiger partial charge in [-0.15, -0.1) is 11.3 Å². The van der Waals surface area contributed by atoms with Gasteiger partial charge in [-0.1, -0.05) is 0 Å². The highest BCUT2D eigenvalue weighted by molar-refractivity contribution is 7.11. The van der Waals surface area contributed by atoms with Crippen LogP contribution in [0.4, 0.5) is 5.95 Å². The van der Waals surface area contributed by atoms with Crippen molar-refractivity contribution in [1.82, 2.24) is 24.3 Å². The molecule has 0 aliphatic heterocycles. The molecule has 0 spiro atoms. The third-order valence-corrected chi connectivity index (χ3v) is 4.33. The molecule has 2 N–H and O–H groups in total. The lowest BCUT2D eigenvalue weighted by atomic mass is 10.3. The molecule has 6 nitrogen and oxygen atoms in total. The number of imidazole rings is 1. The van der Waals surface area contributed by atoms with E-state index in [0.717, 1.165) is 21.9 Å². The van der Waals surface area contributed by atoms with Crippen molar-refractivity contribution in [3.05, 3.63) is 21.8 Å². The first-order chi connectivity index (χ1) is 8.99. The van der Waals surface area contributed by atoms with Gasteiger partial charge in [-0.2, -0.15) is 5.10 Å². The number of aryl methyl sites for hydroxylation is 3. The van der Waals surface area contributed by atoms with Crippen LogP contribution in [0.2, 0.25) is 0 Å². The average Bonchev–Trinajstić information content (AvgIpc) is 2.97. The summed E-state index contributed by atoms with van der Waals surface area (Å²) in [6, 6.07) is 0.0542. The lowest BCUT2D eigenvalue weighted by Gasteiger charge is -2.13. The second kappa shape index (κ2) is 4.06. The quantitative estimate of drug-likeness (QED) is 0.777. The molecule has 1 unspecified atom stereocenters. The monoisotopic (exact) mass is 276 g/mol. The van der Waals surface area contributed by atoms with Crippen molar-refractivity contribution in [2.75, 3.05) is 5.73 Å². The second-order valence-electron chi connectivity index (χ2n) is 4.71. The van der Waals surface area contributed by atoms with Crippen LogP contribution < -0.4 is 5.73 Å². The van der Waals surface area contributed by atoms with E-state index in [0.29, 0.717) is 5.95 Å². The summed E-state index contributed by atoms with van der Waals surface area (Å²) in [6.07, 6.45) is 1.88. The van der Waals surface area contributed by atoms with E-state index in [9.17, 15) is 0 Å². The van der Waals surface area contributed by atoms with E-state index in [-0.39, 0.29) is 6.04 Å². The fraction of sp³-hybridized carbons (Fsp3) is 0.417. The maximum absolute atomic E-state index is 6.07. The summed E-state index contributed by atoms with van der Waals surface area (Å²) in [5, 5.41) is 5.42. The number of nitrogens with zero attached hydrogens (tertiary/aromatic N) is 5. The fourth-order valence-electron chi connectivity index (χ4n) is 2.37. The lowest BCUT2D eigenvalue weighted by Crippen LogP contribution is -2.12. The van der Waals surface area contributed by atoms with E-state index in [2.05, 4.69) is 28.9 Å². The summed E-state index contributed by atoms with van der Waals surface area (Å²) in [7, 11) is 1.91. The molecule has 0 aromatic carbocycles. The summed E-state index contributed by atoms with van der Waals surface area (Å²) in [5.74, 6) is 0.506. The van der Waals surface area contributed by atoms with Crippen LogP contribution in [0.1, 0.15) is 28.5 Å². The molecule has 0 amide bonds. The first-order valence-electron chi connectivity index (χ1n) is 6.08. The number of nitrogen functional groups attached to an aromatic ring is 1. The third-order valence-electron chi connectivity index (χ3n) is 3.25. The van der Waals surface area contributed by atoms with Crippen LogP contribution in [0.15, 0.2) is 6.20 Å². The first kappa shape index (κ1) is 12.2. The molecule has 0 saturated heterocycles. The van der Waals surface area contributed by atoms with Crippen molar-refractivity contribution in [2.45, 2.75) is 26.8 Å². The number of anilines is 1. The molecule has 3 aromatic heterocycles. The van der Waals surface area contributed by atoms with Crippen LogP contribution in [-0.4, -0.2) is 24.3 Å². The Morgan fingerprint density at radius 2 is 2.11 bits per heavy atom. The minimum absolute atomic E-state index is 0.0542. The average molecular weight is 276 g/mol. The van der Waals surface area contributed by atoms with Crippen molar-refractivity contribution >= 4 is 28.4 Å². The number of thiazole rings is 1. The molecule has 100 valence electrons. The topological polar surface area (TPSA) is 74.6 Å². The summed E-state index contributed by atoms with van der Waals surface area (Å²) in [4.78, 5) is 10.1. The summed E-state index contributed by atoms with van der Waals surface area (Å²) in [5.41, 5.74) is 8.76. The molecule has 7 heteroatoms. The molecule has 19 heavy (non-hydrogen) atoms. The van der Waals surface area contributed by atoms with Gasteiger partial charge in [0, 0.05) is 18.1 Å². The zero-order chi connectivity index (χ0) is 13.7. The standard InChI is InChI=1S/C12H16N6S/c1-6-5-14-10(19-6)8(3)18-11-9(15-12(18)13)7(2)16-17(11)4/h5,8H,1-4H3,(H2,13,15). The summed E-state index contributed by atoms with van der Waals surface area (Å²) in [6.45, 7) is 6.07. The Bertz CT molecular complexity index is 750. The minimum Gasteiger partial charge on any atom is -0.369 e. The van der Waals surface area contributed by atoms with Gasteiger partial charge in [-0.25, -0.2) is 9.97 Å². The summed E-state index contributed by atoms with van der Waals surface area (Å²) >= 11 is 1.68. The Balaban J connectivity index is 2.21. The Hall–Kier alpha value is -1.89. The largest absolute Gasteiger partial charge is 0.369 e. The maximum Gasteiger partial charge on any atom is 0.203 e. The van der Waals surface area contributed by atoms with E-state index in [4.69, 9.17) is 5.73 Å². The van der Waals surface area contributed by atoms with Gasteiger partial charge in [0.15, 0.2) is 5.65 Å². The molecule has 0 aliphatic carbocycles. The Morgan fingerprint density at radius 3 is 2.74 bits per heavy atom. The Morgan fingerprint density at radius 1 is 1.37 bits per heavy atom. The van der Waals surface area contributed by atoms with E-state index < -0.39 is 0 Å². The number of hydrogen-bond donors (Lipinski definition) is 1. The molecule has 3 rings (SSSR count). The molecule has 0 radical (unpaired) electrons. The zero-order valence-electron chi connectivity index (χ0n) is 11.4. The second-order valence-corrected chi connectivity index (χ2v) is 5.97. The highest BCUT2D eigenvalue weighted by atomic mass is 32.1. The normalized spacial score (nSPS) is 13.3. The van der Waals surface area contributed by atoms with Gasteiger partial charge in [-0.3, -0.25) is 9.25 Å². The van der Waals surface area contributed by atoms with E-state index in [1.165, 1.54) is 4.88 Å². The maximum atomic E-state index is 6.07. The van der Waals surface area contributed by atoms with E-state index in [1.807, 2.05) is 29.4 Å². The Labute approximate surface area is 114 Å². The van der Waals surface area contributed by atoms with Crippen molar-refractivity contribution in [3.63, 3.8) is 0 Å². The van der Waals surface area contributed by atoms with Crippen LogP contribution in [0.3, 0.4) is 0 Å². The molecule has 0 fully saturated rings. The third kappa shape index (κ3) is 1.73. The van der Waals surface area contributed by atoms with Gasteiger partial charge in [0.25, 0.3) is 0 Å². The predicted molar refractivity (Wildman–Crippen MR) is 76.3 cm³/mol. The zero-order valence-corrected chi connectivity index (χ0v) is 12.2.